The third-order valence-electron chi connectivity index (χ3n) is 3.12. The first-order chi connectivity index (χ1) is 7.97. The van der Waals surface area contributed by atoms with E-state index >= 15 is 0 Å². The minimum absolute atomic E-state index is 0.419. The van der Waals surface area contributed by atoms with Crippen LogP contribution in [-0.2, 0) is 12.6 Å². The van der Waals surface area contributed by atoms with Crippen LogP contribution in [0.5, 0.6) is 0 Å². The van der Waals surface area contributed by atoms with Crippen LogP contribution >= 0.6 is 0 Å². The number of hydrogen-bond acceptors (Lipinski definition) is 3. The number of nitrogen functional groups attached to an aromatic ring is 1. The van der Waals surface area contributed by atoms with Gasteiger partial charge in [-0.15, -0.1) is 0 Å². The minimum atomic E-state index is -4.48. The second kappa shape index (κ2) is 4.50. The average molecular weight is 245 g/mol. The van der Waals surface area contributed by atoms with Crippen molar-refractivity contribution < 1.29 is 13.2 Å². The normalized spacial score (nSPS) is 17.6. The van der Waals surface area contributed by atoms with Gasteiger partial charge in [0.2, 0.25) is 0 Å². The smallest absolute Gasteiger partial charge is 0.383 e. The van der Waals surface area contributed by atoms with Gasteiger partial charge in [0.25, 0.3) is 0 Å². The molecule has 0 aliphatic heterocycles. The molecular formula is C11H14F3N3. The molecule has 1 aliphatic carbocycles. The zero-order valence-corrected chi connectivity index (χ0v) is 9.30. The van der Waals surface area contributed by atoms with E-state index in [4.69, 9.17) is 5.73 Å². The Balaban J connectivity index is 2.13. The topological polar surface area (TPSA) is 51.8 Å². The van der Waals surface area contributed by atoms with Gasteiger partial charge in [-0.05, 0) is 5.92 Å². The summed E-state index contributed by atoms with van der Waals surface area (Å²) in [6.07, 6.45) is 1.50. The summed E-state index contributed by atoms with van der Waals surface area (Å²) in [7, 11) is 0. The summed E-state index contributed by atoms with van der Waals surface area (Å²) in [5.74, 6) is 0.439. The molecule has 1 fully saturated rings. The zero-order chi connectivity index (χ0) is 12.5. The fourth-order valence-corrected chi connectivity index (χ4v) is 2.22. The highest BCUT2D eigenvalue weighted by Crippen LogP contribution is 2.32. The maximum atomic E-state index is 12.4. The Hall–Kier alpha value is -1.33. The molecule has 1 aliphatic rings. The molecule has 1 aromatic rings. The predicted molar refractivity (Wildman–Crippen MR) is 57.1 cm³/mol. The van der Waals surface area contributed by atoms with Crippen LogP contribution in [0.25, 0.3) is 0 Å². The first-order valence-electron chi connectivity index (χ1n) is 5.65. The Morgan fingerprint density at radius 1 is 1.29 bits per heavy atom. The zero-order valence-electron chi connectivity index (χ0n) is 9.30. The molecule has 6 heteroatoms. The Labute approximate surface area is 97.3 Å². The van der Waals surface area contributed by atoms with Gasteiger partial charge in [-0.1, -0.05) is 25.7 Å². The first-order valence-corrected chi connectivity index (χ1v) is 5.65. The van der Waals surface area contributed by atoms with E-state index in [2.05, 4.69) is 9.97 Å². The van der Waals surface area contributed by atoms with Crippen LogP contribution < -0.4 is 5.73 Å². The van der Waals surface area contributed by atoms with Gasteiger partial charge in [0.15, 0.2) is 0 Å². The molecule has 0 amide bonds. The van der Waals surface area contributed by atoms with Gasteiger partial charge >= 0.3 is 6.18 Å². The van der Waals surface area contributed by atoms with E-state index in [1.165, 1.54) is 12.8 Å². The Morgan fingerprint density at radius 3 is 2.47 bits per heavy atom. The number of nitrogens with zero attached hydrogens (tertiary/aromatic N) is 2. The van der Waals surface area contributed by atoms with Crippen molar-refractivity contribution in [2.45, 2.75) is 38.3 Å². The number of rotatable bonds is 2. The highest BCUT2D eigenvalue weighted by atomic mass is 19.4. The molecule has 0 aromatic carbocycles. The third-order valence-corrected chi connectivity index (χ3v) is 3.12. The number of nitrogens with two attached hydrogens (primary N) is 1. The van der Waals surface area contributed by atoms with E-state index in [0.717, 1.165) is 19.0 Å². The number of halogens is 3. The molecule has 2 N–H and O–H groups in total. The van der Waals surface area contributed by atoms with Gasteiger partial charge in [-0.2, -0.15) is 13.2 Å². The van der Waals surface area contributed by atoms with Crippen molar-refractivity contribution in [1.82, 2.24) is 9.97 Å². The highest BCUT2D eigenvalue weighted by Gasteiger charge is 2.34. The van der Waals surface area contributed by atoms with Gasteiger partial charge in [0, 0.05) is 12.6 Å². The molecule has 0 atom stereocenters. The van der Waals surface area contributed by atoms with E-state index < -0.39 is 17.6 Å². The predicted octanol–water partition coefficient (Wildman–Crippen LogP) is 2.81. The van der Waals surface area contributed by atoms with Crippen molar-refractivity contribution in [3.63, 3.8) is 0 Å². The molecule has 17 heavy (non-hydrogen) atoms. The van der Waals surface area contributed by atoms with Gasteiger partial charge in [0.1, 0.15) is 17.2 Å². The number of alkyl halides is 3. The standard InChI is InChI=1S/C11H14F3N3/c12-11(13,14)8-6-16-9(17-10(8)15)5-7-3-1-2-4-7/h6-7H,1-5H2,(H2,15,16,17). The van der Waals surface area contributed by atoms with Crippen molar-refractivity contribution >= 4 is 5.82 Å². The molecule has 94 valence electrons. The maximum absolute atomic E-state index is 12.4. The van der Waals surface area contributed by atoms with Crippen LogP contribution in [0.1, 0.15) is 37.1 Å². The number of aromatic nitrogens is 2. The Morgan fingerprint density at radius 2 is 1.94 bits per heavy atom. The summed E-state index contributed by atoms with van der Waals surface area (Å²) in [4.78, 5) is 7.51. The molecule has 1 heterocycles. The van der Waals surface area contributed by atoms with Crippen LogP contribution in [0, 0.1) is 5.92 Å². The number of hydrogen-bond donors (Lipinski definition) is 1. The molecule has 1 saturated carbocycles. The van der Waals surface area contributed by atoms with Crippen LogP contribution in [-0.4, -0.2) is 9.97 Å². The summed E-state index contributed by atoms with van der Waals surface area (Å²) >= 11 is 0. The van der Waals surface area contributed by atoms with Crippen molar-refractivity contribution in [1.29, 1.82) is 0 Å². The largest absolute Gasteiger partial charge is 0.421 e. The lowest BCUT2D eigenvalue weighted by atomic mass is 10.0. The first kappa shape index (κ1) is 12.1. The van der Waals surface area contributed by atoms with Crippen LogP contribution in [0.15, 0.2) is 6.20 Å². The van der Waals surface area contributed by atoms with E-state index in [0.29, 0.717) is 18.2 Å². The van der Waals surface area contributed by atoms with E-state index in [1.54, 1.807) is 0 Å². The second-order valence-electron chi connectivity index (χ2n) is 4.44. The molecule has 0 unspecified atom stereocenters. The van der Waals surface area contributed by atoms with Crippen molar-refractivity contribution in [3.8, 4) is 0 Å². The monoisotopic (exact) mass is 245 g/mol. The third kappa shape index (κ3) is 2.87. The van der Waals surface area contributed by atoms with Crippen LogP contribution in [0.3, 0.4) is 0 Å². The quantitative estimate of drug-likeness (QED) is 0.871. The van der Waals surface area contributed by atoms with E-state index in [1.807, 2.05) is 0 Å². The molecular weight excluding hydrogens is 231 g/mol. The van der Waals surface area contributed by atoms with E-state index in [9.17, 15) is 13.2 Å². The lowest BCUT2D eigenvalue weighted by Gasteiger charge is -2.11. The molecule has 0 saturated heterocycles. The van der Waals surface area contributed by atoms with Crippen molar-refractivity contribution in [2.75, 3.05) is 5.73 Å². The van der Waals surface area contributed by atoms with Gasteiger partial charge in [0.05, 0.1) is 0 Å². The molecule has 2 rings (SSSR count). The molecule has 1 aromatic heterocycles. The van der Waals surface area contributed by atoms with Gasteiger partial charge < -0.3 is 5.73 Å². The summed E-state index contributed by atoms with van der Waals surface area (Å²) in [6.45, 7) is 0. The molecule has 0 radical (unpaired) electrons. The van der Waals surface area contributed by atoms with E-state index in [-0.39, 0.29) is 0 Å². The van der Waals surface area contributed by atoms with Gasteiger partial charge in [-0.25, -0.2) is 9.97 Å². The lowest BCUT2D eigenvalue weighted by Crippen LogP contribution is -2.14. The minimum Gasteiger partial charge on any atom is -0.383 e. The lowest BCUT2D eigenvalue weighted by molar-refractivity contribution is -0.137. The fraction of sp³-hybridized carbons (Fsp3) is 0.636. The summed E-state index contributed by atoms with van der Waals surface area (Å²) < 4.78 is 37.3. The Bertz CT molecular complexity index is 397. The summed E-state index contributed by atoms with van der Waals surface area (Å²) in [5, 5.41) is 0. The highest BCUT2D eigenvalue weighted by molar-refractivity contribution is 5.39. The Kier molecular flexibility index (Phi) is 3.22. The van der Waals surface area contributed by atoms with Crippen molar-refractivity contribution in [2.24, 2.45) is 5.92 Å². The van der Waals surface area contributed by atoms with Crippen molar-refractivity contribution in [3.05, 3.63) is 17.6 Å². The van der Waals surface area contributed by atoms with Gasteiger partial charge in [-0.3, -0.25) is 0 Å². The average Bonchev–Trinajstić information content (AvgIpc) is 2.68. The van der Waals surface area contributed by atoms with Crippen LogP contribution in [0.2, 0.25) is 0 Å². The van der Waals surface area contributed by atoms with Crippen LogP contribution in [0.4, 0.5) is 19.0 Å². The molecule has 0 spiro atoms. The fourth-order valence-electron chi connectivity index (χ4n) is 2.22. The summed E-state index contributed by atoms with van der Waals surface area (Å²) in [6, 6.07) is 0. The maximum Gasteiger partial charge on any atom is 0.421 e. The number of anilines is 1. The summed E-state index contributed by atoms with van der Waals surface area (Å²) in [5.41, 5.74) is 4.36. The molecule has 3 nitrogen and oxygen atoms in total. The SMILES string of the molecule is Nc1nc(CC2CCCC2)ncc1C(F)(F)F. The second-order valence-corrected chi connectivity index (χ2v) is 4.44. The molecule has 0 bridgehead atoms.